The van der Waals surface area contributed by atoms with Crippen molar-refractivity contribution in [1.29, 1.82) is 0 Å². The number of rotatable bonds is 2. The highest BCUT2D eigenvalue weighted by molar-refractivity contribution is 6.08. The Balaban J connectivity index is 0.000000821. The number of nitrogens with zero attached hydrogens (tertiary/aromatic N) is 4. The molecule has 1 aromatic carbocycles. The second kappa shape index (κ2) is 8.60. The number of benzene rings is 1. The predicted octanol–water partition coefficient (Wildman–Crippen LogP) is 0.741. The Labute approximate surface area is 191 Å². The molecule has 10 heteroatoms. The number of carbonyl (C=O) groups is 3. The van der Waals surface area contributed by atoms with Crippen molar-refractivity contribution in [2.24, 2.45) is 7.05 Å². The van der Waals surface area contributed by atoms with Crippen LogP contribution in [0.3, 0.4) is 0 Å². The third kappa shape index (κ3) is 3.68. The van der Waals surface area contributed by atoms with Crippen molar-refractivity contribution in [3.05, 3.63) is 47.8 Å². The molecule has 3 N–H and O–H groups in total. The van der Waals surface area contributed by atoms with Crippen molar-refractivity contribution in [3.8, 4) is 0 Å². The molecule has 2 atom stereocenters. The lowest BCUT2D eigenvalue weighted by atomic mass is 9.73. The summed E-state index contributed by atoms with van der Waals surface area (Å²) in [5, 5.41) is 25.5. The lowest BCUT2D eigenvalue weighted by Crippen LogP contribution is -2.55. The van der Waals surface area contributed by atoms with Gasteiger partial charge in [0, 0.05) is 44.1 Å². The molecule has 3 aliphatic heterocycles. The molecule has 0 bridgehead atoms. The van der Waals surface area contributed by atoms with Crippen LogP contribution in [-0.2, 0) is 26.8 Å². The third-order valence-electron chi connectivity index (χ3n) is 7.10. The number of anilines is 1. The number of nitrogens with one attached hydrogen (secondary N) is 1. The van der Waals surface area contributed by atoms with Crippen LogP contribution in [0.4, 0.5) is 5.69 Å². The maximum atomic E-state index is 13.7. The quantitative estimate of drug-likeness (QED) is 0.570. The Hall–Kier alpha value is -3.24. The van der Waals surface area contributed by atoms with Gasteiger partial charge in [-0.2, -0.15) is 5.10 Å². The van der Waals surface area contributed by atoms with Crippen molar-refractivity contribution in [3.63, 3.8) is 0 Å². The van der Waals surface area contributed by atoms with Crippen LogP contribution in [-0.4, -0.2) is 80.4 Å². The molecule has 1 aromatic heterocycles. The summed E-state index contributed by atoms with van der Waals surface area (Å²) < 4.78 is 1.69. The average molecular weight is 456 g/mol. The van der Waals surface area contributed by atoms with Crippen molar-refractivity contribution < 1.29 is 24.6 Å². The Morgan fingerprint density at radius 3 is 2.48 bits per heavy atom. The summed E-state index contributed by atoms with van der Waals surface area (Å²) >= 11 is 0. The summed E-state index contributed by atoms with van der Waals surface area (Å²) in [5.41, 5.74) is 0.245. The Kier molecular flexibility index (Phi) is 5.98. The monoisotopic (exact) mass is 455 g/mol. The summed E-state index contributed by atoms with van der Waals surface area (Å²) in [4.78, 5) is 39.2. The number of fused-ring (bicyclic) bond motifs is 2. The largest absolute Gasteiger partial charge is 0.483 e. The van der Waals surface area contributed by atoms with Gasteiger partial charge in [0.1, 0.15) is 11.0 Å². The SMILES string of the molecule is CN1CCC(O)(C(=O)N2CCC3(C(=O)Nc4ccccc43)C2c2cnn(C)c2)CC1.O=CO. The Morgan fingerprint density at radius 2 is 1.85 bits per heavy atom. The van der Waals surface area contributed by atoms with Gasteiger partial charge in [-0.1, -0.05) is 18.2 Å². The molecule has 176 valence electrons. The second-order valence-corrected chi connectivity index (χ2v) is 9.01. The van der Waals surface area contributed by atoms with Gasteiger partial charge in [0.25, 0.3) is 12.4 Å². The van der Waals surface area contributed by atoms with E-state index in [0.29, 0.717) is 38.9 Å². The number of hydrogen-bond donors (Lipinski definition) is 3. The number of aryl methyl sites for hydroxylation is 1. The third-order valence-corrected chi connectivity index (χ3v) is 7.10. The van der Waals surface area contributed by atoms with E-state index in [-0.39, 0.29) is 18.3 Å². The van der Waals surface area contributed by atoms with Crippen LogP contribution in [0.25, 0.3) is 0 Å². The number of carboxylic acid groups (broad SMARTS) is 1. The van der Waals surface area contributed by atoms with Crippen LogP contribution in [0, 0.1) is 0 Å². The molecular weight excluding hydrogens is 426 g/mol. The van der Waals surface area contributed by atoms with E-state index < -0.39 is 17.1 Å². The molecule has 33 heavy (non-hydrogen) atoms. The highest BCUT2D eigenvalue weighted by atomic mass is 16.3. The van der Waals surface area contributed by atoms with Crippen LogP contribution in [0.2, 0.25) is 0 Å². The van der Waals surface area contributed by atoms with Crippen LogP contribution in [0.1, 0.15) is 36.4 Å². The molecule has 2 fully saturated rings. The maximum Gasteiger partial charge on any atom is 0.290 e. The zero-order valence-corrected chi connectivity index (χ0v) is 18.8. The normalized spacial score (nSPS) is 25.8. The molecule has 0 radical (unpaired) electrons. The van der Waals surface area contributed by atoms with Gasteiger partial charge in [0.2, 0.25) is 5.91 Å². The van der Waals surface area contributed by atoms with Crippen LogP contribution < -0.4 is 5.32 Å². The molecule has 2 aromatic rings. The smallest absolute Gasteiger partial charge is 0.290 e. The number of para-hydroxylation sites is 1. The second-order valence-electron chi connectivity index (χ2n) is 9.01. The van der Waals surface area contributed by atoms with Gasteiger partial charge < -0.3 is 25.3 Å². The van der Waals surface area contributed by atoms with Gasteiger partial charge in [-0.05, 0) is 37.9 Å². The fourth-order valence-electron chi connectivity index (χ4n) is 5.42. The molecule has 1 spiro atoms. The average Bonchev–Trinajstić information content (AvgIpc) is 3.47. The van der Waals surface area contributed by atoms with Gasteiger partial charge in [-0.15, -0.1) is 0 Å². The number of likely N-dealkylation sites (tertiary alicyclic amines) is 2. The zero-order valence-electron chi connectivity index (χ0n) is 18.8. The van der Waals surface area contributed by atoms with E-state index in [1.54, 1.807) is 15.8 Å². The lowest BCUT2D eigenvalue weighted by molar-refractivity contribution is -0.157. The summed E-state index contributed by atoms with van der Waals surface area (Å²) in [7, 11) is 3.82. The molecule has 5 rings (SSSR count). The molecule has 0 saturated carbocycles. The van der Waals surface area contributed by atoms with Crippen LogP contribution in [0.5, 0.6) is 0 Å². The predicted molar refractivity (Wildman–Crippen MR) is 119 cm³/mol. The van der Waals surface area contributed by atoms with E-state index in [1.807, 2.05) is 44.6 Å². The zero-order chi connectivity index (χ0) is 23.8. The van der Waals surface area contributed by atoms with Crippen molar-refractivity contribution in [2.45, 2.75) is 36.3 Å². The van der Waals surface area contributed by atoms with E-state index in [9.17, 15) is 14.7 Å². The summed E-state index contributed by atoms with van der Waals surface area (Å²) in [6.45, 7) is 1.50. The lowest BCUT2D eigenvalue weighted by Gasteiger charge is -2.40. The van der Waals surface area contributed by atoms with E-state index >= 15 is 0 Å². The first kappa shape index (κ1) is 22.9. The standard InChI is InChI=1S/C22H27N5O3.CH2O2/c1-25-10-7-21(30,8-11-25)20(29)27-12-9-22(18(27)15-13-23-26(2)14-15)16-5-3-4-6-17(16)24-19(22)28;2-1-3/h3-6,13-14,18,30H,7-12H2,1-2H3,(H,24,28);1H,(H,2,3). The van der Waals surface area contributed by atoms with Gasteiger partial charge in [0.15, 0.2) is 0 Å². The summed E-state index contributed by atoms with van der Waals surface area (Å²) in [6.07, 6.45) is 4.90. The molecule has 2 saturated heterocycles. The van der Waals surface area contributed by atoms with Gasteiger partial charge in [-0.25, -0.2) is 0 Å². The fourth-order valence-corrected chi connectivity index (χ4v) is 5.42. The highest BCUT2D eigenvalue weighted by Gasteiger charge is 2.61. The van der Waals surface area contributed by atoms with Gasteiger partial charge in [0.05, 0.1) is 12.2 Å². The van der Waals surface area contributed by atoms with E-state index in [4.69, 9.17) is 9.90 Å². The first-order valence-corrected chi connectivity index (χ1v) is 11.0. The minimum atomic E-state index is -1.40. The number of carbonyl (C=O) groups excluding carboxylic acids is 2. The molecule has 3 aliphatic rings. The molecule has 0 aliphatic carbocycles. The van der Waals surface area contributed by atoms with Crippen molar-refractivity contribution in [1.82, 2.24) is 19.6 Å². The minimum absolute atomic E-state index is 0.0942. The number of aromatic nitrogens is 2. The fraction of sp³-hybridized carbons (Fsp3) is 0.478. The first-order valence-electron chi connectivity index (χ1n) is 11.0. The highest BCUT2D eigenvalue weighted by Crippen LogP contribution is 2.55. The van der Waals surface area contributed by atoms with Crippen molar-refractivity contribution >= 4 is 24.0 Å². The number of hydrogen-bond acceptors (Lipinski definition) is 6. The molecular formula is C23H29N5O5. The van der Waals surface area contributed by atoms with E-state index in [2.05, 4.69) is 15.3 Å². The minimum Gasteiger partial charge on any atom is -0.483 e. The van der Waals surface area contributed by atoms with E-state index in [0.717, 1.165) is 16.8 Å². The van der Waals surface area contributed by atoms with Gasteiger partial charge in [-0.3, -0.25) is 19.1 Å². The van der Waals surface area contributed by atoms with Crippen LogP contribution >= 0.6 is 0 Å². The number of piperidine rings is 1. The Bertz CT molecular complexity index is 1060. The number of amides is 2. The van der Waals surface area contributed by atoms with E-state index in [1.165, 1.54) is 0 Å². The van der Waals surface area contributed by atoms with Crippen molar-refractivity contribution in [2.75, 3.05) is 32.0 Å². The Morgan fingerprint density at radius 1 is 1.18 bits per heavy atom. The topological polar surface area (TPSA) is 128 Å². The molecule has 10 nitrogen and oxygen atoms in total. The molecule has 2 amide bonds. The molecule has 4 heterocycles. The summed E-state index contributed by atoms with van der Waals surface area (Å²) in [6, 6.07) is 7.18. The summed E-state index contributed by atoms with van der Waals surface area (Å²) in [5.74, 6) is -0.373. The molecule has 2 unspecified atom stereocenters. The first-order chi connectivity index (χ1) is 15.8. The van der Waals surface area contributed by atoms with Crippen LogP contribution in [0.15, 0.2) is 36.7 Å². The number of aliphatic hydroxyl groups is 1. The maximum absolute atomic E-state index is 13.7. The van der Waals surface area contributed by atoms with Gasteiger partial charge >= 0.3 is 0 Å².